The Morgan fingerprint density at radius 2 is 1.86 bits per heavy atom. The van der Waals surface area contributed by atoms with Crippen LogP contribution in [0.25, 0.3) is 0 Å². The summed E-state index contributed by atoms with van der Waals surface area (Å²) < 4.78 is 40.9. The van der Waals surface area contributed by atoms with E-state index in [1.54, 1.807) is 13.8 Å². The minimum Gasteiger partial charge on any atom is -0.386 e. The van der Waals surface area contributed by atoms with Crippen LogP contribution in [0.15, 0.2) is 18.2 Å². The Kier molecular flexibility index (Phi) is 9.18. The Bertz CT molecular complexity index is 1120. The third kappa shape index (κ3) is 7.05. The normalized spacial score (nSPS) is 14.4. The Morgan fingerprint density at radius 3 is 2.44 bits per heavy atom. The van der Waals surface area contributed by atoms with E-state index >= 15 is 0 Å². The molecular weight excluding hydrogens is 485 g/mol. The Balaban J connectivity index is 2.38. The number of hydrogen-bond acceptors (Lipinski definition) is 7. The molecule has 1 aliphatic heterocycles. The minimum absolute atomic E-state index is 0.0373. The van der Waals surface area contributed by atoms with E-state index in [1.807, 2.05) is 0 Å². The topological polar surface area (TPSA) is 139 Å². The number of nitrogens with two attached hydrogens (primary N) is 1. The van der Waals surface area contributed by atoms with Crippen LogP contribution in [0.4, 0.5) is 18.9 Å². The molecule has 0 fully saturated rings. The lowest BCUT2D eigenvalue weighted by Gasteiger charge is -2.28. The van der Waals surface area contributed by atoms with Gasteiger partial charge in [-0.1, -0.05) is 5.92 Å². The van der Waals surface area contributed by atoms with E-state index in [2.05, 4.69) is 21.9 Å². The fourth-order valence-corrected chi connectivity index (χ4v) is 3.41. The van der Waals surface area contributed by atoms with Crippen molar-refractivity contribution in [3.05, 3.63) is 29.3 Å². The summed E-state index contributed by atoms with van der Waals surface area (Å²) in [6.45, 7) is 4.76. The second kappa shape index (κ2) is 11.7. The molecule has 1 aliphatic rings. The highest BCUT2D eigenvalue weighted by Crippen LogP contribution is 2.30. The molecule has 0 aromatic heterocycles. The number of ether oxygens (including phenoxy) is 1. The highest BCUT2D eigenvalue weighted by molar-refractivity contribution is 6.10. The standard InChI is InChI=1S/C23H25F3N4O6/c1-13(2)30-17-6-4-15(5-7-18(31)28-9-8-27)11-16(17)21(34)29(12-19(30)32)14(3)10-20(33)36-22(35)23(24,25)26/h4,6,11,13-14H,8-10,12,27H2,1-3H3,(H,28,31). The first kappa shape index (κ1) is 28.3. The third-order valence-electron chi connectivity index (χ3n) is 5.02. The molecule has 0 saturated carbocycles. The molecule has 0 radical (unpaired) electrons. The average molecular weight is 510 g/mol. The number of fused-ring (bicyclic) bond motifs is 1. The zero-order chi connectivity index (χ0) is 27.2. The Labute approximate surface area is 204 Å². The van der Waals surface area contributed by atoms with Gasteiger partial charge in [0, 0.05) is 36.7 Å². The van der Waals surface area contributed by atoms with Crippen molar-refractivity contribution in [1.82, 2.24) is 10.2 Å². The molecule has 10 nitrogen and oxygen atoms in total. The van der Waals surface area contributed by atoms with Gasteiger partial charge in [0.25, 0.3) is 11.8 Å². The molecule has 3 N–H and O–H groups in total. The van der Waals surface area contributed by atoms with Gasteiger partial charge >= 0.3 is 18.1 Å². The van der Waals surface area contributed by atoms with Gasteiger partial charge in [-0.25, -0.2) is 4.79 Å². The maximum absolute atomic E-state index is 13.4. The second-order valence-corrected chi connectivity index (χ2v) is 8.13. The number of nitrogens with zero attached hydrogens (tertiary/aromatic N) is 2. The van der Waals surface area contributed by atoms with E-state index in [9.17, 15) is 37.1 Å². The van der Waals surface area contributed by atoms with Crippen LogP contribution < -0.4 is 16.0 Å². The SMILES string of the molecule is CC(CC(=O)OC(=O)C(F)(F)F)N1CC(=O)N(C(C)C)c2ccc(C#CC(=O)NCCN)cc2C1=O. The molecule has 13 heteroatoms. The van der Waals surface area contributed by atoms with Gasteiger partial charge in [0.1, 0.15) is 6.54 Å². The van der Waals surface area contributed by atoms with Crippen molar-refractivity contribution in [2.24, 2.45) is 5.73 Å². The van der Waals surface area contributed by atoms with Crippen LogP contribution in [0.2, 0.25) is 0 Å². The van der Waals surface area contributed by atoms with Crippen LogP contribution >= 0.6 is 0 Å². The van der Waals surface area contributed by atoms with Crippen molar-refractivity contribution >= 4 is 35.3 Å². The van der Waals surface area contributed by atoms with Crippen LogP contribution in [0.3, 0.4) is 0 Å². The van der Waals surface area contributed by atoms with Crippen molar-refractivity contribution in [2.45, 2.75) is 45.5 Å². The summed E-state index contributed by atoms with van der Waals surface area (Å²) in [5.74, 6) is -0.972. The molecule has 1 unspecified atom stereocenters. The molecule has 1 atom stereocenters. The van der Waals surface area contributed by atoms with E-state index in [0.29, 0.717) is 0 Å². The number of halogens is 3. The molecule has 1 heterocycles. The van der Waals surface area contributed by atoms with Crippen molar-refractivity contribution < 1.29 is 41.9 Å². The fourth-order valence-electron chi connectivity index (χ4n) is 3.41. The van der Waals surface area contributed by atoms with E-state index in [-0.39, 0.29) is 35.9 Å². The average Bonchev–Trinajstić information content (AvgIpc) is 2.89. The van der Waals surface area contributed by atoms with Gasteiger partial charge in [0.05, 0.1) is 17.7 Å². The zero-order valence-electron chi connectivity index (χ0n) is 19.8. The van der Waals surface area contributed by atoms with E-state index < -0.39 is 54.8 Å². The summed E-state index contributed by atoms with van der Waals surface area (Å²) in [6.07, 6.45) is -6.12. The Hall–Kier alpha value is -3.92. The van der Waals surface area contributed by atoms with E-state index in [4.69, 9.17) is 5.73 Å². The first-order valence-corrected chi connectivity index (χ1v) is 10.8. The third-order valence-corrected chi connectivity index (χ3v) is 5.02. The number of esters is 2. The quantitative estimate of drug-likeness (QED) is 0.327. The number of hydrogen-bond donors (Lipinski definition) is 2. The van der Waals surface area contributed by atoms with Gasteiger partial charge in [-0.2, -0.15) is 13.2 Å². The number of alkyl halides is 3. The van der Waals surface area contributed by atoms with Crippen molar-refractivity contribution in [1.29, 1.82) is 0 Å². The summed E-state index contributed by atoms with van der Waals surface area (Å²) in [4.78, 5) is 63.3. The summed E-state index contributed by atoms with van der Waals surface area (Å²) in [5, 5.41) is 2.47. The number of anilines is 1. The predicted molar refractivity (Wildman–Crippen MR) is 120 cm³/mol. The lowest BCUT2D eigenvalue weighted by Crippen LogP contribution is -2.46. The van der Waals surface area contributed by atoms with Gasteiger partial charge in [-0.3, -0.25) is 19.2 Å². The molecule has 0 bridgehead atoms. The van der Waals surface area contributed by atoms with Crippen LogP contribution in [0.5, 0.6) is 0 Å². The van der Waals surface area contributed by atoms with Crippen LogP contribution in [0, 0.1) is 11.8 Å². The number of amides is 3. The molecule has 194 valence electrons. The van der Waals surface area contributed by atoms with Crippen LogP contribution in [-0.2, 0) is 23.9 Å². The summed E-state index contributed by atoms with van der Waals surface area (Å²) in [7, 11) is 0. The van der Waals surface area contributed by atoms with Gasteiger partial charge in [0.2, 0.25) is 5.91 Å². The summed E-state index contributed by atoms with van der Waals surface area (Å²) in [5.41, 5.74) is 5.90. The lowest BCUT2D eigenvalue weighted by molar-refractivity contribution is -0.202. The molecule has 2 rings (SSSR count). The minimum atomic E-state index is -5.36. The van der Waals surface area contributed by atoms with Crippen molar-refractivity contribution in [3.8, 4) is 11.8 Å². The fraction of sp³-hybridized carbons (Fsp3) is 0.435. The first-order valence-electron chi connectivity index (χ1n) is 10.8. The van der Waals surface area contributed by atoms with Gasteiger partial charge in [-0.05, 0) is 39.0 Å². The lowest BCUT2D eigenvalue weighted by atomic mass is 10.0. The van der Waals surface area contributed by atoms with E-state index in [0.717, 1.165) is 4.90 Å². The molecule has 0 saturated heterocycles. The molecular formula is C23H25F3N4O6. The number of carbonyl (C=O) groups is 5. The predicted octanol–water partition coefficient (Wildman–Crippen LogP) is 0.721. The summed E-state index contributed by atoms with van der Waals surface area (Å²) in [6, 6.07) is 2.94. The monoisotopic (exact) mass is 510 g/mol. The number of nitrogens with one attached hydrogen (secondary N) is 1. The maximum atomic E-state index is 13.4. The smallest absolute Gasteiger partial charge is 0.386 e. The van der Waals surface area contributed by atoms with Gasteiger partial charge < -0.3 is 25.6 Å². The maximum Gasteiger partial charge on any atom is 0.491 e. The summed E-state index contributed by atoms with van der Waals surface area (Å²) >= 11 is 0. The van der Waals surface area contributed by atoms with Gasteiger partial charge in [0.15, 0.2) is 0 Å². The highest BCUT2D eigenvalue weighted by Gasteiger charge is 2.43. The molecule has 1 aromatic rings. The number of carbonyl (C=O) groups excluding carboxylic acids is 5. The largest absolute Gasteiger partial charge is 0.491 e. The van der Waals surface area contributed by atoms with Crippen molar-refractivity contribution in [3.63, 3.8) is 0 Å². The number of benzene rings is 1. The molecule has 0 spiro atoms. The molecule has 3 amide bonds. The highest BCUT2D eigenvalue weighted by atomic mass is 19.4. The number of rotatable bonds is 6. The zero-order valence-corrected chi connectivity index (χ0v) is 19.8. The van der Waals surface area contributed by atoms with Crippen LogP contribution in [0.1, 0.15) is 43.1 Å². The Morgan fingerprint density at radius 1 is 1.19 bits per heavy atom. The van der Waals surface area contributed by atoms with Crippen LogP contribution in [-0.4, -0.2) is 72.5 Å². The van der Waals surface area contributed by atoms with E-state index in [1.165, 1.54) is 30.0 Å². The molecule has 36 heavy (non-hydrogen) atoms. The molecule has 1 aromatic carbocycles. The van der Waals surface area contributed by atoms with Gasteiger partial charge in [-0.15, -0.1) is 0 Å². The molecule has 0 aliphatic carbocycles. The van der Waals surface area contributed by atoms with Crippen molar-refractivity contribution in [2.75, 3.05) is 24.5 Å². The first-order chi connectivity index (χ1) is 16.8. The second-order valence-electron chi connectivity index (χ2n) is 8.13.